The summed E-state index contributed by atoms with van der Waals surface area (Å²) in [6, 6.07) is 14.6. The van der Waals surface area contributed by atoms with Crippen molar-refractivity contribution in [2.45, 2.75) is 26.2 Å². The first kappa shape index (κ1) is 18.3. The molecule has 2 aromatic carbocycles. The minimum absolute atomic E-state index is 0.209. The Labute approximate surface area is 167 Å². The first-order chi connectivity index (χ1) is 13.5. The fourth-order valence-corrected chi connectivity index (χ4v) is 3.12. The third-order valence-electron chi connectivity index (χ3n) is 4.80. The smallest absolute Gasteiger partial charge is 0.291 e. The summed E-state index contributed by atoms with van der Waals surface area (Å²) in [6.07, 6.45) is 2.51. The van der Waals surface area contributed by atoms with E-state index in [9.17, 15) is 4.79 Å². The highest BCUT2D eigenvalue weighted by molar-refractivity contribution is 6.34. The Morgan fingerprint density at radius 1 is 1.21 bits per heavy atom. The molecule has 1 unspecified atom stereocenters. The molecule has 6 heteroatoms. The van der Waals surface area contributed by atoms with Crippen molar-refractivity contribution in [1.82, 2.24) is 4.98 Å². The lowest BCUT2D eigenvalue weighted by Gasteiger charge is -2.07. The zero-order valence-electron chi connectivity index (χ0n) is 15.5. The maximum atomic E-state index is 12.2. The Bertz CT molecular complexity index is 1130. The Morgan fingerprint density at radius 3 is 2.82 bits per heavy atom. The second-order valence-corrected chi connectivity index (χ2v) is 7.09. The molecule has 4 aromatic rings. The number of rotatable bonds is 5. The van der Waals surface area contributed by atoms with E-state index in [0.29, 0.717) is 22.5 Å². The maximum Gasteiger partial charge on any atom is 0.291 e. The molecule has 0 aliphatic carbocycles. The summed E-state index contributed by atoms with van der Waals surface area (Å²) in [6.45, 7) is 4.35. The van der Waals surface area contributed by atoms with Gasteiger partial charge in [0.1, 0.15) is 5.52 Å². The van der Waals surface area contributed by atoms with E-state index in [1.165, 1.54) is 11.8 Å². The first-order valence-corrected chi connectivity index (χ1v) is 9.48. The van der Waals surface area contributed by atoms with Crippen molar-refractivity contribution in [2.24, 2.45) is 0 Å². The van der Waals surface area contributed by atoms with Crippen LogP contribution in [0, 0.1) is 0 Å². The number of amides is 1. The summed E-state index contributed by atoms with van der Waals surface area (Å²) in [5.41, 5.74) is 3.95. The molecule has 0 spiro atoms. The number of hydrogen-bond acceptors (Lipinski definition) is 4. The average Bonchev–Trinajstić information content (AvgIpc) is 3.38. The number of oxazole rings is 1. The minimum Gasteiger partial charge on any atom is -0.459 e. The lowest BCUT2D eigenvalue weighted by Crippen LogP contribution is -2.11. The van der Waals surface area contributed by atoms with E-state index in [0.717, 1.165) is 23.1 Å². The SMILES string of the molecule is CCC(C)c1ccc2oc(-c3ccc(Cl)c(NC(=O)c4ccco4)c3)nc2c1. The molecular formula is C22H19ClN2O3. The zero-order valence-corrected chi connectivity index (χ0v) is 16.3. The van der Waals surface area contributed by atoms with Crippen LogP contribution in [0.5, 0.6) is 0 Å². The third kappa shape index (κ3) is 3.53. The van der Waals surface area contributed by atoms with Gasteiger partial charge in [-0.05, 0) is 60.4 Å². The van der Waals surface area contributed by atoms with Crippen molar-refractivity contribution < 1.29 is 13.6 Å². The van der Waals surface area contributed by atoms with Gasteiger partial charge in [-0.15, -0.1) is 0 Å². The second kappa shape index (κ2) is 7.52. The number of nitrogens with one attached hydrogen (secondary N) is 1. The van der Waals surface area contributed by atoms with E-state index in [1.807, 2.05) is 12.1 Å². The maximum absolute atomic E-state index is 12.2. The van der Waals surface area contributed by atoms with Crippen molar-refractivity contribution in [3.63, 3.8) is 0 Å². The van der Waals surface area contributed by atoms with Crippen LogP contribution >= 0.6 is 11.6 Å². The number of fused-ring (bicyclic) bond motifs is 1. The Hall–Kier alpha value is -3.05. The van der Waals surface area contributed by atoms with Crippen LogP contribution < -0.4 is 5.32 Å². The quantitative estimate of drug-likeness (QED) is 0.419. The second-order valence-electron chi connectivity index (χ2n) is 6.68. The lowest BCUT2D eigenvalue weighted by atomic mass is 9.98. The molecule has 1 atom stereocenters. The summed E-state index contributed by atoms with van der Waals surface area (Å²) in [7, 11) is 0. The predicted octanol–water partition coefficient (Wildman–Crippen LogP) is 6.51. The van der Waals surface area contributed by atoms with E-state index < -0.39 is 0 Å². The van der Waals surface area contributed by atoms with Gasteiger partial charge < -0.3 is 14.2 Å². The molecular weight excluding hydrogens is 376 g/mol. The molecule has 4 rings (SSSR count). The first-order valence-electron chi connectivity index (χ1n) is 9.10. The zero-order chi connectivity index (χ0) is 19.7. The van der Waals surface area contributed by atoms with Crippen LogP contribution in [0.3, 0.4) is 0 Å². The number of anilines is 1. The minimum atomic E-state index is -0.375. The summed E-state index contributed by atoms with van der Waals surface area (Å²) >= 11 is 6.24. The van der Waals surface area contributed by atoms with Crippen molar-refractivity contribution in [3.05, 3.63) is 71.1 Å². The lowest BCUT2D eigenvalue weighted by molar-refractivity contribution is 0.0996. The van der Waals surface area contributed by atoms with E-state index in [1.54, 1.807) is 24.3 Å². The third-order valence-corrected chi connectivity index (χ3v) is 5.13. The van der Waals surface area contributed by atoms with Gasteiger partial charge in [0.2, 0.25) is 5.89 Å². The Kier molecular flexibility index (Phi) is 4.92. The van der Waals surface area contributed by atoms with Gasteiger partial charge >= 0.3 is 0 Å². The fourth-order valence-electron chi connectivity index (χ4n) is 2.96. The van der Waals surface area contributed by atoms with Crippen molar-refractivity contribution in [3.8, 4) is 11.5 Å². The number of carbonyl (C=O) groups excluding carboxylic acids is 1. The largest absolute Gasteiger partial charge is 0.459 e. The van der Waals surface area contributed by atoms with E-state index >= 15 is 0 Å². The molecule has 0 aliphatic rings. The van der Waals surface area contributed by atoms with Gasteiger partial charge in [0.25, 0.3) is 5.91 Å². The Morgan fingerprint density at radius 2 is 2.07 bits per heavy atom. The number of hydrogen-bond donors (Lipinski definition) is 1. The van der Waals surface area contributed by atoms with E-state index in [-0.39, 0.29) is 11.7 Å². The van der Waals surface area contributed by atoms with Crippen LogP contribution in [0.2, 0.25) is 5.02 Å². The standard InChI is InChI=1S/C22H19ClN2O3/c1-3-13(2)14-7-9-19-18(11-14)25-22(28-19)15-6-8-16(23)17(12-15)24-21(26)20-5-4-10-27-20/h4-13H,3H2,1-2H3,(H,24,26). The van der Waals surface area contributed by atoms with Crippen molar-refractivity contribution >= 4 is 34.3 Å². The number of nitrogens with zero attached hydrogens (tertiary/aromatic N) is 1. The van der Waals surface area contributed by atoms with Gasteiger partial charge in [-0.1, -0.05) is 31.5 Å². The summed E-state index contributed by atoms with van der Waals surface area (Å²) in [5, 5.41) is 3.17. The van der Waals surface area contributed by atoms with Crippen molar-refractivity contribution in [2.75, 3.05) is 5.32 Å². The van der Waals surface area contributed by atoms with Crippen LogP contribution in [-0.2, 0) is 0 Å². The molecule has 1 amide bonds. The molecule has 142 valence electrons. The number of carbonyl (C=O) groups is 1. The van der Waals surface area contributed by atoms with Crippen LogP contribution in [0.25, 0.3) is 22.6 Å². The normalized spacial score (nSPS) is 12.2. The molecule has 0 aliphatic heterocycles. The molecule has 5 nitrogen and oxygen atoms in total. The van der Waals surface area contributed by atoms with Gasteiger partial charge in [-0.2, -0.15) is 0 Å². The van der Waals surface area contributed by atoms with E-state index in [2.05, 4.69) is 36.3 Å². The highest BCUT2D eigenvalue weighted by Gasteiger charge is 2.15. The van der Waals surface area contributed by atoms with Crippen molar-refractivity contribution in [1.29, 1.82) is 0 Å². The van der Waals surface area contributed by atoms with Gasteiger partial charge in [0.05, 0.1) is 17.0 Å². The number of aromatic nitrogens is 1. The highest BCUT2D eigenvalue weighted by Crippen LogP contribution is 2.32. The number of halogens is 1. The molecule has 0 saturated carbocycles. The fraction of sp³-hybridized carbons (Fsp3) is 0.182. The van der Waals surface area contributed by atoms with Gasteiger partial charge in [0, 0.05) is 5.56 Å². The monoisotopic (exact) mass is 394 g/mol. The highest BCUT2D eigenvalue weighted by atomic mass is 35.5. The van der Waals surface area contributed by atoms with Crippen LogP contribution in [0.1, 0.15) is 42.3 Å². The molecule has 2 aromatic heterocycles. The Balaban J connectivity index is 1.66. The summed E-state index contributed by atoms with van der Waals surface area (Å²) < 4.78 is 11.0. The topological polar surface area (TPSA) is 68.3 Å². The number of benzene rings is 2. The molecule has 28 heavy (non-hydrogen) atoms. The molecule has 1 N–H and O–H groups in total. The molecule has 0 saturated heterocycles. The average molecular weight is 395 g/mol. The molecule has 2 heterocycles. The van der Waals surface area contributed by atoms with Gasteiger partial charge in [-0.25, -0.2) is 4.98 Å². The van der Waals surface area contributed by atoms with Gasteiger partial charge in [0.15, 0.2) is 11.3 Å². The van der Waals surface area contributed by atoms with Crippen LogP contribution in [0.4, 0.5) is 5.69 Å². The predicted molar refractivity (Wildman–Crippen MR) is 110 cm³/mol. The van der Waals surface area contributed by atoms with Crippen LogP contribution in [0.15, 0.2) is 63.6 Å². The number of furan rings is 1. The van der Waals surface area contributed by atoms with E-state index in [4.69, 9.17) is 20.4 Å². The summed E-state index contributed by atoms with van der Waals surface area (Å²) in [5.74, 6) is 0.769. The van der Waals surface area contributed by atoms with Crippen LogP contribution in [-0.4, -0.2) is 10.9 Å². The van der Waals surface area contributed by atoms with Gasteiger partial charge in [-0.3, -0.25) is 4.79 Å². The molecule has 0 radical (unpaired) electrons. The summed E-state index contributed by atoms with van der Waals surface area (Å²) in [4.78, 5) is 16.9. The molecule has 0 bridgehead atoms. The molecule has 0 fully saturated rings.